The second-order valence-electron chi connectivity index (χ2n) is 32.4. The van der Waals surface area contributed by atoms with E-state index in [4.69, 9.17) is 92.3 Å². The van der Waals surface area contributed by atoms with Gasteiger partial charge in [-0.1, -0.05) is 224 Å². The summed E-state index contributed by atoms with van der Waals surface area (Å²) in [5.41, 5.74) is 19.4. The second kappa shape index (κ2) is 51.9. The minimum absolute atomic E-state index is 0. The summed E-state index contributed by atoms with van der Waals surface area (Å²) < 4.78 is 25.7. The third-order valence-electron chi connectivity index (χ3n) is 24.2. The molecule has 704 valence electrons. The van der Waals surface area contributed by atoms with E-state index < -0.39 is 19.1 Å². The zero-order chi connectivity index (χ0) is 95.6. The van der Waals surface area contributed by atoms with Gasteiger partial charge in [0.25, 0.3) is 0 Å². The van der Waals surface area contributed by atoms with Gasteiger partial charge in [-0.3, -0.25) is 4.39 Å². The SMILES string of the molecule is C.CO.COC(=O)c1ccc2nc(-c3ccccc3)c(Br)nc2c1.COC(=O)c1ccc2nc(-c3ccccc3)c(N3CCC(c4ccc(Cl)cc4)CC3)nc2c1.Clc1ccc(C2CCNCC2)cc1.O=C(O)c1ccc2nc(-c3ccccc3)c(N3CCC(c4ccc(Cl)cc4)CC3)nc2c1.O=C(O)c1ccc2nc(-c3ccccc3)c(N3CCC(c4ccc(Cl)cc4)CC3)nc2c1.[2H]CF.[Na+].[OH-]. The largest absolute Gasteiger partial charge is 1.00 e. The molecule has 8 heterocycles. The Kier molecular flexibility index (Phi) is 39.4. The summed E-state index contributed by atoms with van der Waals surface area (Å²) in [7, 11) is 2.74. The van der Waals surface area contributed by atoms with Crippen LogP contribution in [0.5, 0.6) is 0 Å². The van der Waals surface area contributed by atoms with Gasteiger partial charge in [-0.15, -0.1) is 0 Å². The number of nitrogens with zero attached hydrogens (tertiary/aromatic N) is 11. The summed E-state index contributed by atoms with van der Waals surface area (Å²) >= 11 is 27.4. The molecule has 0 bridgehead atoms. The molecule has 0 radical (unpaired) electrons. The number of piperidine rings is 4. The predicted molar refractivity (Wildman–Crippen MR) is 551 cm³/mol. The number of hydrogen-bond acceptors (Lipinski definition) is 20. The van der Waals surface area contributed by atoms with Crippen LogP contribution in [-0.2, 0) is 9.47 Å². The molecular formula is C109H105BrCl4FN12NaO10. The maximum Gasteiger partial charge on any atom is 1.00 e. The number of methoxy groups -OCH3 is 2. The summed E-state index contributed by atoms with van der Waals surface area (Å²) in [6.07, 6.45) is 8.57. The standard InChI is InChI=1S/C27H24ClN3O2.2C26H22ClN3O2.C16H11BrN2O2.C11H14ClN.CH3F.CH4O.CH4.Na.H2O/c1-33-27(32)21-9-12-23-24(17-21)30-26(25(29-23)20-5-3-2-4-6-20)31-15-13-19(14-16-31)18-7-10-22(28)11-8-18;2*27-21-9-6-17(7-10-21)18-12-14-30(15-13-18)25-24(19-4-2-1-3-5-19)28-22-11-8-20(26(31)32)16-23(22)29-25;1-21-16(20)11-7-8-12-13(9-11)19-15(17)14(18-12)10-5-3-2-4-6-10;12-11-3-1-9(2-4-11)10-5-7-13-8-6-10;2*1-2;;;/h2-12,17,19H,13-16H2,1H3;2*1-11,16,18H,12-15H2,(H,31,32);2-9H,1H3;1-4,10,13H,5-8H2;1H3;2H,1H3;1H4;;1H2/q;;;;;;;;+1;/p-1/i;;;;;1D;;;;. The van der Waals surface area contributed by atoms with Crippen LogP contribution < -0.4 is 49.6 Å². The summed E-state index contributed by atoms with van der Waals surface area (Å²) in [4.78, 5) is 92.0. The number of anilines is 3. The molecule has 0 amide bonds. The van der Waals surface area contributed by atoms with Crippen LogP contribution >= 0.6 is 62.3 Å². The smallest absolute Gasteiger partial charge is 0.870 e. The van der Waals surface area contributed by atoms with E-state index in [-0.39, 0.29) is 65.5 Å². The van der Waals surface area contributed by atoms with Gasteiger partial charge in [0.1, 0.15) is 27.4 Å². The average molecular weight is 2010 g/mol. The van der Waals surface area contributed by atoms with Gasteiger partial charge >= 0.3 is 53.4 Å². The van der Waals surface area contributed by atoms with Gasteiger partial charge < -0.3 is 50.3 Å². The number of fused-ring (bicyclic) bond motifs is 4. The summed E-state index contributed by atoms with van der Waals surface area (Å²) in [6.45, 7) is 7.46. The van der Waals surface area contributed by atoms with Crippen LogP contribution in [-0.4, -0.2) is 165 Å². The molecule has 0 spiro atoms. The first-order chi connectivity index (χ1) is 66.2. The van der Waals surface area contributed by atoms with Crippen LogP contribution in [0.15, 0.2) is 296 Å². The van der Waals surface area contributed by atoms with E-state index in [0.29, 0.717) is 66.6 Å². The summed E-state index contributed by atoms with van der Waals surface area (Å²) in [5, 5.41) is 32.2. The molecule has 0 atom stereocenters. The molecule has 5 N–H and O–H groups in total. The van der Waals surface area contributed by atoms with E-state index in [1.165, 1.54) is 49.3 Å². The van der Waals surface area contributed by atoms with Crippen LogP contribution in [0.1, 0.15) is 148 Å². The molecule has 0 aliphatic carbocycles. The van der Waals surface area contributed by atoms with Gasteiger partial charge in [-0.25, -0.2) is 59.0 Å². The van der Waals surface area contributed by atoms with Crippen molar-refractivity contribution < 1.29 is 84.8 Å². The maximum absolute atomic E-state index is 12.0. The molecule has 138 heavy (non-hydrogen) atoms. The number of hydrogen-bond donors (Lipinski definition) is 4. The van der Waals surface area contributed by atoms with Crippen molar-refractivity contribution in [3.05, 3.63) is 360 Å². The molecule has 0 unspecified atom stereocenters. The Hall–Kier alpha value is -12.3. The molecule has 29 heteroatoms. The molecule has 4 saturated heterocycles. The number of benzene rings is 12. The molecule has 4 aliphatic rings. The fourth-order valence-electron chi connectivity index (χ4n) is 17.1. The van der Waals surface area contributed by atoms with Crippen LogP contribution in [0, 0.1) is 0 Å². The minimum atomic E-state index is -1.00. The van der Waals surface area contributed by atoms with Crippen molar-refractivity contribution in [3.63, 3.8) is 0 Å². The van der Waals surface area contributed by atoms with Crippen molar-refractivity contribution in [2.75, 3.05) is 95.5 Å². The fourth-order valence-corrected chi connectivity index (χ4v) is 18.1. The Labute approximate surface area is 854 Å². The molecule has 0 saturated carbocycles. The number of carboxylic acids is 2. The second-order valence-corrected chi connectivity index (χ2v) is 34.9. The van der Waals surface area contributed by atoms with Crippen molar-refractivity contribution in [2.24, 2.45) is 0 Å². The number of carbonyl (C=O) groups excluding carboxylic acids is 2. The molecule has 4 fully saturated rings. The van der Waals surface area contributed by atoms with Crippen molar-refractivity contribution in [3.8, 4) is 45.0 Å². The van der Waals surface area contributed by atoms with Gasteiger partial charge in [0.2, 0.25) is 0 Å². The van der Waals surface area contributed by atoms with Crippen LogP contribution in [0.3, 0.4) is 0 Å². The fraction of sp³-hybridized carbons (Fsp3) is 0.229. The molecule has 16 aromatic rings. The number of aromatic nitrogens is 8. The maximum atomic E-state index is 12.0. The number of aromatic carboxylic acids is 2. The van der Waals surface area contributed by atoms with E-state index >= 15 is 0 Å². The Balaban J connectivity index is 0.000000168. The Morgan fingerprint density at radius 1 is 0.355 bits per heavy atom. The number of ether oxygens (including phenoxy) is 2. The first kappa shape index (κ1) is 105. The van der Waals surface area contributed by atoms with Gasteiger partial charge in [0, 0.05) is 88.7 Å². The first-order valence-electron chi connectivity index (χ1n) is 45.0. The van der Waals surface area contributed by atoms with Gasteiger partial charge in [0.05, 0.1) is 89.1 Å². The van der Waals surface area contributed by atoms with Crippen LogP contribution in [0.4, 0.5) is 21.8 Å². The number of alkyl halides is 1. The van der Waals surface area contributed by atoms with E-state index in [9.17, 15) is 33.8 Å². The number of carboxylic acid groups (broad SMARTS) is 2. The molecule has 4 aliphatic heterocycles. The topological polar surface area (TPSA) is 302 Å². The number of rotatable bonds is 15. The molecule has 20 rings (SSSR count). The van der Waals surface area contributed by atoms with Gasteiger partial charge in [-0.2, -0.15) is 0 Å². The Morgan fingerprint density at radius 2 is 0.587 bits per heavy atom. The Morgan fingerprint density at radius 3 is 0.848 bits per heavy atom. The van der Waals surface area contributed by atoms with Gasteiger partial charge in [-0.05, 0) is 248 Å². The van der Waals surface area contributed by atoms with Crippen LogP contribution in [0.25, 0.3) is 89.2 Å². The molecular weight excluding hydrogens is 1900 g/mol. The molecule has 12 aromatic carbocycles. The Bertz CT molecular complexity index is 6550. The number of carbonyl (C=O) groups is 4. The van der Waals surface area contributed by atoms with E-state index in [1.807, 2.05) is 164 Å². The number of halogens is 6. The van der Waals surface area contributed by atoms with E-state index in [0.717, 1.165) is 198 Å². The van der Waals surface area contributed by atoms with Crippen molar-refractivity contribution in [2.45, 2.75) is 82.5 Å². The zero-order valence-corrected chi connectivity index (χ0v) is 82.6. The third-order valence-corrected chi connectivity index (χ3v) is 25.7. The van der Waals surface area contributed by atoms with Gasteiger partial charge in [0.15, 0.2) is 17.5 Å². The molecule has 22 nitrogen and oxygen atoms in total. The summed E-state index contributed by atoms with van der Waals surface area (Å²) in [6, 6.07) is 93.0. The quantitative estimate of drug-likeness (QED) is 0.0547. The van der Waals surface area contributed by atoms with E-state index in [2.05, 4.69) is 107 Å². The minimum Gasteiger partial charge on any atom is -0.870 e. The van der Waals surface area contributed by atoms with Crippen molar-refractivity contribution >= 4 is 148 Å². The number of aliphatic hydroxyl groups excluding tert-OH is 1. The normalized spacial score (nSPS) is 13.8. The number of esters is 2. The molecule has 4 aromatic heterocycles. The zero-order valence-electron chi connectivity index (χ0n) is 77.0. The average Bonchev–Trinajstić information content (AvgIpc) is 0.781. The van der Waals surface area contributed by atoms with Crippen molar-refractivity contribution in [1.29, 1.82) is 0 Å². The first-order valence-corrected chi connectivity index (χ1v) is 46.6. The third kappa shape index (κ3) is 27.2. The van der Waals surface area contributed by atoms with E-state index in [1.54, 1.807) is 66.7 Å². The monoisotopic (exact) mass is 2000 g/mol. The van der Waals surface area contributed by atoms with Crippen molar-refractivity contribution in [1.82, 2.24) is 45.2 Å². The number of aliphatic hydroxyl groups is 1. The summed E-state index contributed by atoms with van der Waals surface area (Å²) in [5.74, 6) is 1.96. The predicted octanol–water partition coefficient (Wildman–Crippen LogP) is 22.5. The number of nitrogens with one attached hydrogen (secondary N) is 1. The van der Waals surface area contributed by atoms with Crippen LogP contribution in [0.2, 0.25) is 20.1 Å².